The molecule has 114 valence electrons. The summed E-state index contributed by atoms with van der Waals surface area (Å²) < 4.78 is 10.6. The molecular weight excluding hydrogens is 258 g/mol. The summed E-state index contributed by atoms with van der Waals surface area (Å²) in [7, 11) is 0. The molecule has 1 aliphatic heterocycles. The smallest absolute Gasteiger partial charge is 0.411 e. The highest BCUT2D eigenvalue weighted by Crippen LogP contribution is 2.47. The highest BCUT2D eigenvalue weighted by Gasteiger charge is 2.56. The molecule has 2 bridgehead atoms. The van der Waals surface area contributed by atoms with Crippen LogP contribution in [0.25, 0.3) is 0 Å². The second-order valence-electron chi connectivity index (χ2n) is 6.85. The minimum Gasteiger partial charge on any atom is -0.464 e. The Kier molecular flexibility index (Phi) is 3.98. The van der Waals surface area contributed by atoms with E-state index in [1.54, 1.807) is 11.8 Å². The van der Waals surface area contributed by atoms with Gasteiger partial charge in [0.05, 0.1) is 6.61 Å². The molecule has 4 atom stereocenters. The van der Waals surface area contributed by atoms with Crippen LogP contribution in [0.5, 0.6) is 0 Å². The number of likely N-dealkylation sites (tertiary alicyclic amines) is 1. The third-order valence-electron chi connectivity index (χ3n) is 4.15. The van der Waals surface area contributed by atoms with Gasteiger partial charge in [-0.2, -0.15) is 0 Å². The fraction of sp³-hybridized carbons (Fsp3) is 0.867. The van der Waals surface area contributed by atoms with Crippen LogP contribution in [0.1, 0.15) is 47.5 Å². The van der Waals surface area contributed by atoms with E-state index in [9.17, 15) is 9.59 Å². The van der Waals surface area contributed by atoms with Crippen molar-refractivity contribution in [1.82, 2.24) is 4.90 Å². The van der Waals surface area contributed by atoms with Gasteiger partial charge in [0.1, 0.15) is 11.6 Å². The Bertz CT molecular complexity index is 401. The summed E-state index contributed by atoms with van der Waals surface area (Å²) in [6.07, 6.45) is 1.43. The van der Waals surface area contributed by atoms with Crippen molar-refractivity contribution in [2.75, 3.05) is 6.61 Å². The number of carbonyl (C=O) groups is 2. The van der Waals surface area contributed by atoms with E-state index < -0.39 is 17.7 Å². The van der Waals surface area contributed by atoms with Crippen molar-refractivity contribution in [1.29, 1.82) is 0 Å². The molecule has 1 heterocycles. The predicted molar refractivity (Wildman–Crippen MR) is 74.2 cm³/mol. The van der Waals surface area contributed by atoms with Crippen molar-refractivity contribution < 1.29 is 19.1 Å². The number of hydrogen-bond acceptors (Lipinski definition) is 4. The van der Waals surface area contributed by atoms with Crippen LogP contribution in [0.15, 0.2) is 0 Å². The minimum atomic E-state index is -0.552. The Morgan fingerprint density at radius 2 is 1.90 bits per heavy atom. The van der Waals surface area contributed by atoms with E-state index >= 15 is 0 Å². The van der Waals surface area contributed by atoms with Crippen molar-refractivity contribution in [2.45, 2.75) is 65.1 Å². The van der Waals surface area contributed by atoms with Gasteiger partial charge in [0, 0.05) is 6.04 Å². The molecule has 1 amide bonds. The van der Waals surface area contributed by atoms with Crippen LogP contribution in [0.4, 0.5) is 4.79 Å². The van der Waals surface area contributed by atoms with E-state index in [1.807, 2.05) is 20.8 Å². The molecule has 2 fully saturated rings. The van der Waals surface area contributed by atoms with Gasteiger partial charge in [-0.25, -0.2) is 9.59 Å². The third kappa shape index (κ3) is 2.76. The first-order valence-corrected chi connectivity index (χ1v) is 7.42. The second kappa shape index (κ2) is 5.26. The zero-order valence-electron chi connectivity index (χ0n) is 13.0. The third-order valence-corrected chi connectivity index (χ3v) is 4.15. The summed E-state index contributed by atoms with van der Waals surface area (Å²) in [4.78, 5) is 26.2. The maximum atomic E-state index is 12.4. The highest BCUT2D eigenvalue weighted by atomic mass is 16.6. The van der Waals surface area contributed by atoms with Gasteiger partial charge in [-0.3, -0.25) is 4.90 Å². The maximum Gasteiger partial charge on any atom is 0.411 e. The number of rotatable bonds is 2. The number of ether oxygens (including phenoxy) is 2. The van der Waals surface area contributed by atoms with Gasteiger partial charge < -0.3 is 9.47 Å². The number of carbonyl (C=O) groups excluding carboxylic acids is 2. The van der Waals surface area contributed by atoms with Crippen LogP contribution in [0.2, 0.25) is 0 Å². The minimum absolute atomic E-state index is 0.110. The molecule has 0 aromatic heterocycles. The average molecular weight is 283 g/mol. The monoisotopic (exact) mass is 283 g/mol. The molecule has 0 aromatic carbocycles. The van der Waals surface area contributed by atoms with Crippen LogP contribution in [-0.4, -0.2) is 41.3 Å². The van der Waals surface area contributed by atoms with Gasteiger partial charge in [-0.05, 0) is 52.4 Å². The van der Waals surface area contributed by atoms with E-state index in [0.717, 1.165) is 12.8 Å². The Hall–Kier alpha value is -1.26. The van der Waals surface area contributed by atoms with Crippen LogP contribution < -0.4 is 0 Å². The topological polar surface area (TPSA) is 55.8 Å². The molecular formula is C15H25NO4. The molecule has 5 heteroatoms. The van der Waals surface area contributed by atoms with Gasteiger partial charge in [0.2, 0.25) is 0 Å². The fourth-order valence-corrected chi connectivity index (χ4v) is 3.44. The summed E-state index contributed by atoms with van der Waals surface area (Å²) in [5, 5.41) is 0. The largest absolute Gasteiger partial charge is 0.464 e. The molecule has 1 aliphatic carbocycles. The molecule has 2 aliphatic rings. The van der Waals surface area contributed by atoms with E-state index in [0.29, 0.717) is 12.5 Å². The standard InChI is InChI=1S/C15H25NO4/c1-6-19-13(17)12-11-8-10(7-9(11)2)16(12)14(18)20-15(3,4)5/h9-12H,6-8H2,1-5H3. The zero-order valence-corrected chi connectivity index (χ0v) is 13.0. The van der Waals surface area contributed by atoms with Crippen molar-refractivity contribution in [3.8, 4) is 0 Å². The number of amides is 1. The van der Waals surface area contributed by atoms with Gasteiger partial charge in [-0.1, -0.05) is 6.92 Å². The quantitative estimate of drug-likeness (QED) is 0.731. The highest BCUT2D eigenvalue weighted by molar-refractivity contribution is 5.83. The van der Waals surface area contributed by atoms with Crippen LogP contribution in [-0.2, 0) is 14.3 Å². The first-order valence-electron chi connectivity index (χ1n) is 7.42. The second-order valence-corrected chi connectivity index (χ2v) is 6.85. The Balaban J connectivity index is 2.17. The first-order chi connectivity index (χ1) is 9.24. The normalized spacial score (nSPS) is 32.4. The zero-order chi connectivity index (χ0) is 15.1. The maximum absolute atomic E-state index is 12.4. The number of esters is 1. The fourth-order valence-electron chi connectivity index (χ4n) is 3.44. The van der Waals surface area contributed by atoms with Crippen LogP contribution in [0.3, 0.4) is 0 Å². The van der Waals surface area contributed by atoms with Crippen LogP contribution >= 0.6 is 0 Å². The lowest BCUT2D eigenvalue weighted by Gasteiger charge is -2.37. The molecule has 0 radical (unpaired) electrons. The van der Waals surface area contributed by atoms with Gasteiger partial charge in [0.15, 0.2) is 0 Å². The lowest BCUT2D eigenvalue weighted by Crippen LogP contribution is -2.52. The summed E-state index contributed by atoms with van der Waals surface area (Å²) in [5.41, 5.74) is -0.552. The average Bonchev–Trinajstić information content (AvgIpc) is 2.82. The Labute approximate surface area is 120 Å². The number of nitrogens with zero attached hydrogens (tertiary/aromatic N) is 1. The summed E-state index contributed by atoms with van der Waals surface area (Å²) >= 11 is 0. The summed E-state index contributed by atoms with van der Waals surface area (Å²) in [5.74, 6) is 0.358. The number of fused-ring (bicyclic) bond motifs is 2. The summed E-state index contributed by atoms with van der Waals surface area (Å²) in [6, 6.07) is -0.363. The lowest BCUT2D eigenvalue weighted by atomic mass is 9.89. The molecule has 1 saturated carbocycles. The van der Waals surface area contributed by atoms with Crippen molar-refractivity contribution in [3.63, 3.8) is 0 Å². The Morgan fingerprint density at radius 3 is 2.45 bits per heavy atom. The van der Waals surface area contributed by atoms with E-state index in [-0.39, 0.29) is 17.9 Å². The Morgan fingerprint density at radius 1 is 1.25 bits per heavy atom. The molecule has 0 N–H and O–H groups in total. The van der Waals surface area contributed by atoms with Gasteiger partial charge >= 0.3 is 12.1 Å². The molecule has 2 rings (SSSR count). The lowest BCUT2D eigenvalue weighted by molar-refractivity contribution is -0.151. The molecule has 0 aromatic rings. The van der Waals surface area contributed by atoms with E-state index in [2.05, 4.69) is 6.92 Å². The molecule has 0 spiro atoms. The molecule has 1 saturated heterocycles. The van der Waals surface area contributed by atoms with Gasteiger partial charge in [-0.15, -0.1) is 0 Å². The number of piperidine rings is 1. The van der Waals surface area contributed by atoms with E-state index in [4.69, 9.17) is 9.47 Å². The summed E-state index contributed by atoms with van der Waals surface area (Å²) in [6.45, 7) is 9.77. The van der Waals surface area contributed by atoms with Crippen LogP contribution in [0, 0.1) is 11.8 Å². The van der Waals surface area contributed by atoms with Crippen molar-refractivity contribution in [2.24, 2.45) is 11.8 Å². The predicted octanol–water partition coefficient (Wildman–Crippen LogP) is 2.58. The van der Waals surface area contributed by atoms with Crippen molar-refractivity contribution in [3.05, 3.63) is 0 Å². The number of hydrogen-bond donors (Lipinski definition) is 0. The molecule has 20 heavy (non-hydrogen) atoms. The van der Waals surface area contributed by atoms with Gasteiger partial charge in [0.25, 0.3) is 0 Å². The SMILES string of the molecule is CCOC(=O)C1C2CC(CC2C)N1C(=O)OC(C)(C)C. The van der Waals surface area contributed by atoms with E-state index in [1.165, 1.54) is 0 Å². The van der Waals surface area contributed by atoms with Crippen molar-refractivity contribution >= 4 is 12.1 Å². The molecule has 4 unspecified atom stereocenters. The molecule has 5 nitrogen and oxygen atoms in total. The first kappa shape index (κ1) is 15.1.